The number of nitrogens with zero attached hydrogens (tertiary/aromatic N) is 3. The number of hydrogen-bond donors (Lipinski definition) is 1. The molecule has 13 unspecified atom stereocenters. The number of hydrogen-bond acceptors (Lipinski definition) is 6. The molecule has 7 heteroatoms. The highest BCUT2D eigenvalue weighted by Gasteiger charge is 2.67. The quantitative estimate of drug-likeness (QED) is 0.226. The zero-order chi connectivity index (χ0) is 32.9. The lowest BCUT2D eigenvalue weighted by atomic mass is 9.35. The second-order valence-corrected chi connectivity index (χ2v) is 16.9. The van der Waals surface area contributed by atoms with Gasteiger partial charge >= 0.3 is 0 Å². The normalized spacial score (nSPS) is 48.2. The van der Waals surface area contributed by atoms with Gasteiger partial charge in [-0.25, -0.2) is 0 Å². The Balaban J connectivity index is 1.47. The lowest BCUT2D eigenvalue weighted by Gasteiger charge is -2.69. The van der Waals surface area contributed by atoms with Crippen molar-refractivity contribution in [2.45, 2.75) is 144 Å². The summed E-state index contributed by atoms with van der Waals surface area (Å²) >= 11 is 0. The van der Waals surface area contributed by atoms with Crippen molar-refractivity contribution < 1.29 is 9.53 Å². The van der Waals surface area contributed by atoms with Crippen LogP contribution in [-0.4, -0.2) is 24.3 Å². The highest BCUT2D eigenvalue weighted by atomic mass is 16.5. The molecule has 1 saturated heterocycles. The van der Waals surface area contributed by atoms with E-state index in [4.69, 9.17) is 4.74 Å². The minimum absolute atomic E-state index is 0.0202. The van der Waals surface area contributed by atoms with Gasteiger partial charge in [-0.05, 0) is 104 Å². The molecule has 3 saturated carbocycles. The van der Waals surface area contributed by atoms with E-state index in [0.717, 1.165) is 51.4 Å². The number of carbonyl (C=O) groups excluding carboxylic acids is 1. The van der Waals surface area contributed by atoms with Crippen LogP contribution in [0.15, 0.2) is 16.8 Å². The van der Waals surface area contributed by atoms with Gasteiger partial charge in [0.15, 0.2) is 0 Å². The largest absolute Gasteiger partial charge is 0.353 e. The highest BCUT2D eigenvalue weighted by Crippen LogP contribution is 2.73. The van der Waals surface area contributed by atoms with Gasteiger partial charge in [-0.1, -0.05) is 78.1 Å². The van der Waals surface area contributed by atoms with E-state index in [2.05, 4.69) is 77.2 Å². The molecule has 5 rings (SSSR count). The molecule has 0 radical (unpaired) electrons. The predicted octanol–water partition coefficient (Wildman–Crippen LogP) is 8.70. The Bertz CT molecular complexity index is 1270. The molecule has 0 spiro atoms. The maximum atomic E-state index is 14.7. The Hall–Kier alpha value is -2.25. The van der Waals surface area contributed by atoms with Crippen LogP contribution >= 0.6 is 0 Å². The SMILES string of the molecule is CC(CCC1(C)C(C)CCC2(C)C1CC=C1C3C(C)CCCC3(C(=O)NC3OC(CC#N)C(C#N)C(C)C3C)CC[C@]12C)N=O. The standard InChI is InChI=1S/C38H58N4O3/c1-23-10-9-16-38(34(43)41-33-27(5)26(4)28(22-40)30(45-33)15-21-39)20-19-36(7)29(32(23)38)11-12-31-35(6,17-14-25(3)42-44)24(2)13-18-37(31,36)8/h11,23-28,30-33H,9-10,12-20H2,1-8H3,(H,41,43)/t23?,24?,25?,26?,27?,28?,30?,31?,32?,33?,35?,36-,37?,38?/m1/s1. The lowest BCUT2D eigenvalue weighted by Crippen LogP contribution is -2.64. The van der Waals surface area contributed by atoms with Crippen molar-refractivity contribution in [3.8, 4) is 12.1 Å². The van der Waals surface area contributed by atoms with Crippen LogP contribution in [0.2, 0.25) is 0 Å². The van der Waals surface area contributed by atoms with Gasteiger partial charge in [-0.3, -0.25) is 4.79 Å². The summed E-state index contributed by atoms with van der Waals surface area (Å²) in [6.45, 7) is 18.5. The van der Waals surface area contributed by atoms with Crippen LogP contribution in [0.25, 0.3) is 0 Å². The number of nitriles is 2. The van der Waals surface area contributed by atoms with Gasteiger partial charge in [0.1, 0.15) is 6.23 Å². The maximum absolute atomic E-state index is 14.7. The molecule has 14 atom stereocenters. The van der Waals surface area contributed by atoms with Gasteiger partial charge in [-0.2, -0.15) is 15.4 Å². The van der Waals surface area contributed by atoms with Crippen LogP contribution in [0.3, 0.4) is 0 Å². The molecule has 1 heterocycles. The fourth-order valence-electron chi connectivity index (χ4n) is 11.5. The van der Waals surface area contributed by atoms with Gasteiger partial charge < -0.3 is 10.1 Å². The van der Waals surface area contributed by atoms with Crippen molar-refractivity contribution >= 4 is 5.91 Å². The Kier molecular flexibility index (Phi) is 9.40. The van der Waals surface area contributed by atoms with E-state index in [1.165, 1.54) is 18.4 Å². The van der Waals surface area contributed by atoms with E-state index in [-0.39, 0.29) is 58.3 Å². The van der Waals surface area contributed by atoms with Crippen LogP contribution in [0.1, 0.15) is 126 Å². The van der Waals surface area contributed by atoms with Crippen molar-refractivity contribution in [3.63, 3.8) is 0 Å². The number of fused-ring (bicyclic) bond motifs is 5. The zero-order valence-electron chi connectivity index (χ0n) is 29.2. The molecule has 0 bridgehead atoms. The molecule has 45 heavy (non-hydrogen) atoms. The maximum Gasteiger partial charge on any atom is 0.228 e. The van der Waals surface area contributed by atoms with Gasteiger partial charge in [0.05, 0.1) is 42.0 Å². The monoisotopic (exact) mass is 618 g/mol. The molecule has 4 aliphatic carbocycles. The highest BCUT2D eigenvalue weighted by molar-refractivity contribution is 5.84. The second-order valence-electron chi connectivity index (χ2n) is 16.9. The summed E-state index contributed by atoms with van der Waals surface area (Å²) in [6, 6.07) is 4.42. The third-order valence-electron chi connectivity index (χ3n) is 15.2. The first-order valence-electron chi connectivity index (χ1n) is 18.0. The summed E-state index contributed by atoms with van der Waals surface area (Å²) in [5, 5.41) is 26.0. The number of carbonyl (C=O) groups is 1. The molecular formula is C38H58N4O3. The minimum atomic E-state index is -0.498. The summed E-state index contributed by atoms with van der Waals surface area (Å²) in [5.74, 6) is 1.50. The molecule has 1 aliphatic heterocycles. The molecule has 1 N–H and O–H groups in total. The molecule has 0 aromatic carbocycles. The van der Waals surface area contributed by atoms with Crippen molar-refractivity contribution in [1.82, 2.24) is 5.32 Å². The van der Waals surface area contributed by atoms with Crippen LogP contribution in [0.5, 0.6) is 0 Å². The van der Waals surface area contributed by atoms with E-state index < -0.39 is 17.7 Å². The third kappa shape index (κ3) is 5.19. The zero-order valence-corrected chi connectivity index (χ0v) is 29.2. The Morgan fingerprint density at radius 3 is 2.49 bits per heavy atom. The van der Waals surface area contributed by atoms with Crippen molar-refractivity contribution in [2.75, 3.05) is 0 Å². The Morgan fingerprint density at radius 1 is 1.09 bits per heavy atom. The molecule has 7 nitrogen and oxygen atoms in total. The number of nitroso groups, excluding NO2 is 1. The first-order valence-corrected chi connectivity index (χ1v) is 18.0. The van der Waals surface area contributed by atoms with Gasteiger partial charge in [0, 0.05) is 5.92 Å². The summed E-state index contributed by atoms with van der Waals surface area (Å²) in [4.78, 5) is 26.0. The topological polar surface area (TPSA) is 115 Å². The number of rotatable bonds is 7. The first-order chi connectivity index (χ1) is 21.2. The molecular weight excluding hydrogens is 560 g/mol. The molecule has 4 fully saturated rings. The summed E-state index contributed by atoms with van der Waals surface area (Å²) in [6.07, 6.45) is 12.0. The first kappa shape index (κ1) is 34.1. The lowest BCUT2D eigenvalue weighted by molar-refractivity contribution is -0.172. The molecule has 5 aliphatic rings. The van der Waals surface area contributed by atoms with Crippen molar-refractivity contribution in [1.29, 1.82) is 10.5 Å². The number of ether oxygens (including phenoxy) is 1. The summed E-state index contributed by atoms with van der Waals surface area (Å²) < 4.78 is 6.35. The Labute approximate surface area is 272 Å². The number of nitrogens with one attached hydrogen (secondary N) is 1. The molecule has 0 aromatic heterocycles. The average Bonchev–Trinajstić information content (AvgIpc) is 3.01. The molecule has 248 valence electrons. The average molecular weight is 619 g/mol. The minimum Gasteiger partial charge on any atom is -0.353 e. The van der Waals surface area contributed by atoms with Crippen molar-refractivity contribution in [2.24, 2.45) is 68.3 Å². The summed E-state index contributed by atoms with van der Waals surface area (Å²) in [5.41, 5.74) is 1.36. The second kappa shape index (κ2) is 12.4. The van der Waals surface area contributed by atoms with Crippen LogP contribution in [-0.2, 0) is 9.53 Å². The van der Waals surface area contributed by atoms with E-state index in [1.54, 1.807) is 0 Å². The molecule has 0 aromatic rings. The molecule has 1 amide bonds. The smallest absolute Gasteiger partial charge is 0.228 e. The number of allylic oxidation sites excluding steroid dienone is 2. The predicted molar refractivity (Wildman–Crippen MR) is 176 cm³/mol. The van der Waals surface area contributed by atoms with E-state index in [0.29, 0.717) is 17.8 Å². The Morgan fingerprint density at radius 2 is 1.82 bits per heavy atom. The summed E-state index contributed by atoms with van der Waals surface area (Å²) in [7, 11) is 0. The number of amides is 1. The van der Waals surface area contributed by atoms with Gasteiger partial charge in [0.2, 0.25) is 5.91 Å². The third-order valence-corrected chi connectivity index (χ3v) is 15.2. The van der Waals surface area contributed by atoms with Crippen LogP contribution < -0.4 is 5.32 Å². The van der Waals surface area contributed by atoms with Crippen LogP contribution in [0, 0.1) is 90.7 Å². The fraction of sp³-hybridized carbons (Fsp3) is 0.868. The van der Waals surface area contributed by atoms with E-state index >= 15 is 0 Å². The van der Waals surface area contributed by atoms with Crippen LogP contribution in [0.4, 0.5) is 0 Å². The van der Waals surface area contributed by atoms with E-state index in [9.17, 15) is 20.2 Å². The fourth-order valence-corrected chi connectivity index (χ4v) is 11.5. The van der Waals surface area contributed by atoms with E-state index in [1.807, 2.05) is 6.92 Å². The van der Waals surface area contributed by atoms with Gasteiger partial charge in [0.25, 0.3) is 0 Å². The van der Waals surface area contributed by atoms with Crippen molar-refractivity contribution in [3.05, 3.63) is 16.6 Å². The van der Waals surface area contributed by atoms with Gasteiger partial charge in [-0.15, -0.1) is 0 Å².